The van der Waals surface area contributed by atoms with Gasteiger partial charge in [-0.2, -0.15) is 0 Å². The highest BCUT2D eigenvalue weighted by Gasteiger charge is 2.45. The van der Waals surface area contributed by atoms with Gasteiger partial charge in [-0.05, 0) is 30.4 Å². The maximum Gasteiger partial charge on any atom is 0.192 e. The number of rotatable bonds is 1. The van der Waals surface area contributed by atoms with Gasteiger partial charge in [-0.1, -0.05) is 30.8 Å². The molecule has 0 saturated heterocycles. The first-order valence-corrected chi connectivity index (χ1v) is 5.72. The Hall–Kier alpha value is -0.240. The largest absolute Gasteiger partial charge is 0.287 e. The Morgan fingerprint density at radius 3 is 2.58 bits per heavy atom. The molecule has 1 fully saturated rings. The van der Waals surface area contributed by atoms with E-state index >= 15 is 0 Å². The number of thioether (sulfide) groups is 1. The Balaban J connectivity index is 2.18. The van der Waals surface area contributed by atoms with Gasteiger partial charge < -0.3 is 0 Å². The highest BCUT2D eigenvalue weighted by Crippen LogP contribution is 2.48. The highest BCUT2D eigenvalue weighted by molar-refractivity contribution is 8.13. The molecular formula is C10H14OS. The van der Waals surface area contributed by atoms with E-state index in [4.69, 9.17) is 0 Å². The number of hydrogen-bond donors (Lipinski definition) is 0. The van der Waals surface area contributed by atoms with E-state index in [2.05, 4.69) is 19.1 Å². The van der Waals surface area contributed by atoms with Crippen LogP contribution in [-0.4, -0.2) is 11.4 Å². The van der Waals surface area contributed by atoms with Gasteiger partial charge in [0.1, 0.15) is 0 Å². The summed E-state index contributed by atoms with van der Waals surface area (Å²) in [5, 5.41) is 0.388. The second-order valence-corrected chi connectivity index (χ2v) is 4.67. The van der Waals surface area contributed by atoms with Gasteiger partial charge in [-0.25, -0.2) is 0 Å². The van der Waals surface area contributed by atoms with Crippen LogP contribution >= 0.6 is 11.8 Å². The molecule has 2 aliphatic rings. The Morgan fingerprint density at radius 2 is 2.08 bits per heavy atom. The van der Waals surface area contributed by atoms with Gasteiger partial charge in [-0.3, -0.25) is 4.79 Å². The molecule has 0 aromatic carbocycles. The van der Waals surface area contributed by atoms with E-state index in [0.29, 0.717) is 28.8 Å². The molecule has 0 spiro atoms. The Morgan fingerprint density at radius 1 is 1.42 bits per heavy atom. The van der Waals surface area contributed by atoms with Crippen molar-refractivity contribution < 1.29 is 4.79 Å². The van der Waals surface area contributed by atoms with Crippen LogP contribution in [0, 0.1) is 23.7 Å². The molecule has 0 unspecified atom stereocenters. The Labute approximate surface area is 77.6 Å². The summed E-state index contributed by atoms with van der Waals surface area (Å²) < 4.78 is 0. The topological polar surface area (TPSA) is 17.1 Å². The maximum atomic E-state index is 11.5. The average molecular weight is 182 g/mol. The van der Waals surface area contributed by atoms with Crippen LogP contribution in [0.1, 0.15) is 13.3 Å². The normalized spacial score (nSPS) is 43.8. The number of hydrogen-bond acceptors (Lipinski definition) is 2. The van der Waals surface area contributed by atoms with Gasteiger partial charge in [-0.15, -0.1) is 0 Å². The van der Waals surface area contributed by atoms with E-state index in [9.17, 15) is 4.79 Å². The molecule has 2 bridgehead atoms. The third kappa shape index (κ3) is 1.05. The van der Waals surface area contributed by atoms with Crippen molar-refractivity contribution in [2.45, 2.75) is 13.3 Å². The van der Waals surface area contributed by atoms with Crippen LogP contribution in [0.2, 0.25) is 0 Å². The lowest BCUT2D eigenvalue weighted by atomic mass is 9.85. The average Bonchev–Trinajstić information content (AvgIpc) is 2.63. The van der Waals surface area contributed by atoms with Crippen LogP contribution in [-0.2, 0) is 4.79 Å². The Kier molecular flexibility index (Phi) is 2.03. The zero-order valence-electron chi connectivity index (χ0n) is 7.49. The molecule has 0 N–H and O–H groups in total. The van der Waals surface area contributed by atoms with Crippen molar-refractivity contribution in [2.75, 3.05) is 6.26 Å². The summed E-state index contributed by atoms with van der Waals surface area (Å²) in [6.07, 6.45) is 7.64. The van der Waals surface area contributed by atoms with Crippen LogP contribution in [0.3, 0.4) is 0 Å². The van der Waals surface area contributed by atoms with E-state index in [-0.39, 0.29) is 0 Å². The van der Waals surface area contributed by atoms with Gasteiger partial charge in [0.25, 0.3) is 0 Å². The minimum absolute atomic E-state index is 0.315. The van der Waals surface area contributed by atoms with Crippen LogP contribution in [0.15, 0.2) is 12.2 Å². The van der Waals surface area contributed by atoms with Crippen LogP contribution in [0.5, 0.6) is 0 Å². The lowest BCUT2D eigenvalue weighted by Crippen LogP contribution is -2.23. The zero-order valence-corrected chi connectivity index (χ0v) is 8.30. The summed E-state index contributed by atoms with van der Waals surface area (Å²) in [6, 6.07) is 0. The minimum Gasteiger partial charge on any atom is -0.287 e. The SMILES string of the molecule is CSC(=O)[C@@H]1[C@H](C)[C@@H]2C=C[C@H]1C2. The number of fused-ring (bicyclic) bond motifs is 2. The molecule has 0 aromatic heterocycles. The van der Waals surface area contributed by atoms with Crippen LogP contribution in [0.4, 0.5) is 0 Å². The molecule has 0 amide bonds. The van der Waals surface area contributed by atoms with Crippen LogP contribution in [0.25, 0.3) is 0 Å². The van der Waals surface area contributed by atoms with Gasteiger partial charge in [0.2, 0.25) is 0 Å². The summed E-state index contributed by atoms with van der Waals surface area (Å²) in [5.74, 6) is 2.15. The molecule has 0 heterocycles. The molecule has 1 saturated carbocycles. The zero-order chi connectivity index (χ0) is 8.72. The van der Waals surface area contributed by atoms with E-state index in [0.717, 1.165) is 0 Å². The fraction of sp³-hybridized carbons (Fsp3) is 0.700. The predicted molar refractivity (Wildman–Crippen MR) is 51.9 cm³/mol. The quantitative estimate of drug-likeness (QED) is 0.579. The molecule has 2 aliphatic carbocycles. The molecule has 1 nitrogen and oxygen atoms in total. The van der Waals surface area contributed by atoms with Crippen molar-refractivity contribution in [3.63, 3.8) is 0 Å². The summed E-state index contributed by atoms with van der Waals surface area (Å²) in [7, 11) is 0. The van der Waals surface area contributed by atoms with E-state index in [1.165, 1.54) is 18.2 Å². The van der Waals surface area contributed by atoms with Crippen LogP contribution < -0.4 is 0 Å². The second-order valence-electron chi connectivity index (χ2n) is 3.86. The summed E-state index contributed by atoms with van der Waals surface area (Å²) in [4.78, 5) is 11.5. The molecule has 4 atom stereocenters. The van der Waals surface area contributed by atoms with E-state index < -0.39 is 0 Å². The van der Waals surface area contributed by atoms with E-state index in [1.807, 2.05) is 6.26 Å². The third-order valence-corrected chi connectivity index (χ3v) is 4.00. The monoisotopic (exact) mass is 182 g/mol. The predicted octanol–water partition coefficient (Wildman–Crippen LogP) is 2.33. The van der Waals surface area contributed by atoms with Gasteiger partial charge in [0, 0.05) is 5.92 Å². The van der Waals surface area contributed by atoms with Crippen molar-refractivity contribution in [3.05, 3.63) is 12.2 Å². The molecule has 2 rings (SSSR count). The standard InChI is InChI=1S/C10H14OS/c1-6-7-3-4-8(5-7)9(6)10(11)12-2/h3-4,6-9H,5H2,1-2H3/t6-,7-,8+,9-/m1/s1. The fourth-order valence-electron chi connectivity index (χ4n) is 2.59. The third-order valence-electron chi connectivity index (χ3n) is 3.33. The number of allylic oxidation sites excluding steroid dienone is 2. The van der Waals surface area contributed by atoms with E-state index in [1.54, 1.807) is 0 Å². The summed E-state index contributed by atoms with van der Waals surface area (Å²) >= 11 is 1.39. The molecule has 2 heteroatoms. The minimum atomic E-state index is 0.315. The van der Waals surface area contributed by atoms with Crippen molar-refractivity contribution in [1.29, 1.82) is 0 Å². The molecule has 0 aliphatic heterocycles. The van der Waals surface area contributed by atoms with Crippen molar-refractivity contribution in [3.8, 4) is 0 Å². The lowest BCUT2D eigenvalue weighted by Gasteiger charge is -2.22. The van der Waals surface area contributed by atoms with Gasteiger partial charge in [0.05, 0.1) is 0 Å². The first-order chi connectivity index (χ1) is 5.74. The van der Waals surface area contributed by atoms with Gasteiger partial charge in [0.15, 0.2) is 5.12 Å². The first kappa shape index (κ1) is 8.36. The Bertz CT molecular complexity index is 234. The molecular weight excluding hydrogens is 168 g/mol. The summed E-state index contributed by atoms with van der Waals surface area (Å²) in [5.41, 5.74) is 0. The maximum absolute atomic E-state index is 11.5. The molecule has 12 heavy (non-hydrogen) atoms. The molecule has 0 aromatic rings. The lowest BCUT2D eigenvalue weighted by molar-refractivity contribution is -0.116. The number of carbonyl (C=O) groups is 1. The van der Waals surface area contributed by atoms with Crippen molar-refractivity contribution in [2.24, 2.45) is 23.7 Å². The van der Waals surface area contributed by atoms with Gasteiger partial charge >= 0.3 is 0 Å². The smallest absolute Gasteiger partial charge is 0.192 e. The number of carbonyl (C=O) groups excluding carboxylic acids is 1. The first-order valence-electron chi connectivity index (χ1n) is 4.50. The van der Waals surface area contributed by atoms with Crippen molar-refractivity contribution >= 4 is 16.9 Å². The van der Waals surface area contributed by atoms with Crippen molar-refractivity contribution in [1.82, 2.24) is 0 Å². The summed E-state index contributed by atoms with van der Waals surface area (Å²) in [6.45, 7) is 2.22. The fourth-order valence-corrected chi connectivity index (χ4v) is 3.26. The molecule has 0 radical (unpaired) electrons. The molecule has 66 valence electrons. The highest BCUT2D eigenvalue weighted by atomic mass is 32.2. The second kappa shape index (κ2) is 2.91.